The fourth-order valence-corrected chi connectivity index (χ4v) is 3.91. The molecule has 4 heteroatoms. The third kappa shape index (κ3) is 5.59. The van der Waals surface area contributed by atoms with Gasteiger partial charge in [-0.1, -0.05) is 42.2 Å². The van der Waals surface area contributed by atoms with Crippen molar-refractivity contribution in [2.24, 2.45) is 0 Å². The van der Waals surface area contributed by atoms with Crippen LogP contribution in [0.5, 0.6) is 0 Å². The number of pyridine rings is 1. The summed E-state index contributed by atoms with van der Waals surface area (Å²) >= 11 is 0. The number of nitrogens with zero attached hydrogens (tertiary/aromatic N) is 1. The van der Waals surface area contributed by atoms with Crippen LogP contribution < -0.4 is 0 Å². The molecule has 1 fully saturated rings. The third-order valence-corrected chi connectivity index (χ3v) is 5.69. The van der Waals surface area contributed by atoms with Crippen molar-refractivity contribution in [1.29, 1.82) is 0 Å². The maximum Gasteiger partial charge on any atom is 0.0854 e. The van der Waals surface area contributed by atoms with Crippen LogP contribution in [0.3, 0.4) is 0 Å². The van der Waals surface area contributed by atoms with Crippen LogP contribution in [0.1, 0.15) is 52.3 Å². The van der Waals surface area contributed by atoms with E-state index in [2.05, 4.69) is 54.1 Å². The topological polar surface area (TPSA) is 62.6 Å². The van der Waals surface area contributed by atoms with Crippen LogP contribution in [-0.4, -0.2) is 34.0 Å². The summed E-state index contributed by atoms with van der Waals surface area (Å²) < 4.78 is 5.99. The van der Waals surface area contributed by atoms with Crippen LogP contribution in [0, 0.1) is 18.8 Å². The zero-order valence-corrected chi connectivity index (χ0v) is 17.7. The normalized spacial score (nSPS) is 20.7. The first-order valence-electron chi connectivity index (χ1n) is 10.7. The minimum Gasteiger partial charge on any atom is -0.394 e. The van der Waals surface area contributed by atoms with Gasteiger partial charge in [-0.25, -0.2) is 0 Å². The van der Waals surface area contributed by atoms with E-state index in [1.54, 1.807) is 12.4 Å². The van der Waals surface area contributed by atoms with E-state index in [-0.39, 0.29) is 18.8 Å². The summed E-state index contributed by atoms with van der Waals surface area (Å²) in [5.41, 5.74) is 6.59. The van der Waals surface area contributed by atoms with Gasteiger partial charge in [-0.05, 0) is 59.9 Å². The number of hydrogen-bond donors (Lipinski definition) is 2. The number of rotatable bonds is 4. The highest BCUT2D eigenvalue weighted by Gasteiger charge is 2.29. The average molecular weight is 414 g/mol. The Morgan fingerprint density at radius 1 is 1.03 bits per heavy atom. The van der Waals surface area contributed by atoms with E-state index in [0.29, 0.717) is 12.8 Å². The number of aliphatic hydroxyl groups excluding tert-OH is 2. The minimum absolute atomic E-state index is 0.0672. The number of aromatic nitrogens is 1. The first kappa shape index (κ1) is 21.3. The van der Waals surface area contributed by atoms with Crippen LogP contribution in [0.25, 0.3) is 0 Å². The molecule has 2 heterocycles. The fraction of sp³-hybridized carbons (Fsp3) is 0.296. The van der Waals surface area contributed by atoms with Gasteiger partial charge in [0, 0.05) is 36.4 Å². The molecule has 1 aromatic heterocycles. The first-order chi connectivity index (χ1) is 15.1. The summed E-state index contributed by atoms with van der Waals surface area (Å²) in [6, 6.07) is 18.5. The number of aryl methyl sites for hydroxylation is 1. The van der Waals surface area contributed by atoms with Crippen LogP contribution >= 0.6 is 0 Å². The lowest BCUT2D eigenvalue weighted by molar-refractivity contribution is -0.113. The SMILES string of the molecule is Cc1ccc(C2CC(O)CC(CO)O2)cc1Cc1ccc(C#Cc2cccnc2)cc1. The van der Waals surface area contributed by atoms with Gasteiger partial charge in [0.1, 0.15) is 0 Å². The van der Waals surface area contributed by atoms with Gasteiger partial charge >= 0.3 is 0 Å². The lowest BCUT2D eigenvalue weighted by Crippen LogP contribution is -2.33. The molecule has 4 nitrogen and oxygen atoms in total. The second-order valence-corrected chi connectivity index (χ2v) is 8.11. The van der Waals surface area contributed by atoms with Crippen LogP contribution in [0.4, 0.5) is 0 Å². The van der Waals surface area contributed by atoms with Gasteiger partial charge in [0.05, 0.1) is 24.9 Å². The van der Waals surface area contributed by atoms with Gasteiger partial charge in [0.2, 0.25) is 0 Å². The lowest BCUT2D eigenvalue weighted by Gasteiger charge is -2.32. The van der Waals surface area contributed by atoms with Gasteiger partial charge in [0.15, 0.2) is 0 Å². The van der Waals surface area contributed by atoms with Crippen molar-refractivity contribution in [1.82, 2.24) is 4.98 Å². The van der Waals surface area contributed by atoms with Crippen LogP contribution in [0.2, 0.25) is 0 Å². The highest BCUT2D eigenvalue weighted by atomic mass is 16.5. The summed E-state index contributed by atoms with van der Waals surface area (Å²) in [6.45, 7) is 2.04. The smallest absolute Gasteiger partial charge is 0.0854 e. The van der Waals surface area contributed by atoms with E-state index >= 15 is 0 Å². The number of ether oxygens (including phenoxy) is 1. The Morgan fingerprint density at radius 2 is 1.84 bits per heavy atom. The van der Waals surface area contributed by atoms with Crippen LogP contribution in [-0.2, 0) is 11.2 Å². The van der Waals surface area contributed by atoms with Crippen molar-refractivity contribution in [2.45, 2.75) is 44.5 Å². The summed E-state index contributed by atoms with van der Waals surface area (Å²) in [7, 11) is 0. The first-order valence-corrected chi connectivity index (χ1v) is 10.7. The molecule has 2 aromatic carbocycles. The second kappa shape index (κ2) is 9.89. The minimum atomic E-state index is -0.444. The molecule has 2 N–H and O–H groups in total. The van der Waals surface area contributed by atoms with Crippen molar-refractivity contribution in [3.8, 4) is 11.8 Å². The molecule has 0 aliphatic carbocycles. The van der Waals surface area contributed by atoms with E-state index in [0.717, 1.165) is 23.1 Å². The lowest BCUT2D eigenvalue weighted by atomic mass is 9.92. The van der Waals surface area contributed by atoms with Gasteiger partial charge < -0.3 is 14.9 Å². The predicted octanol–water partition coefficient (Wildman–Crippen LogP) is 3.95. The summed E-state index contributed by atoms with van der Waals surface area (Å²) in [6.07, 6.45) is 4.42. The van der Waals surface area contributed by atoms with Crippen molar-refractivity contribution in [3.05, 3.63) is 100 Å². The summed E-state index contributed by atoms with van der Waals surface area (Å²) in [5, 5.41) is 19.6. The Hall–Kier alpha value is -2.97. The molecule has 31 heavy (non-hydrogen) atoms. The highest BCUT2D eigenvalue weighted by Crippen LogP contribution is 2.32. The standard InChI is InChI=1S/C27H27NO3/c1-19-4-11-23(27-16-25(30)15-26(18-29)31-27)14-24(19)13-21-8-5-20(6-9-21)7-10-22-3-2-12-28-17-22/h2-6,8-9,11-12,14,17,25-27,29-30H,13,15-16,18H2,1H3. The molecule has 3 aromatic rings. The van der Waals surface area contributed by atoms with Gasteiger partial charge in [-0.2, -0.15) is 0 Å². The molecule has 0 amide bonds. The van der Waals surface area contributed by atoms with Crippen LogP contribution in [0.15, 0.2) is 67.0 Å². The van der Waals surface area contributed by atoms with Crippen molar-refractivity contribution < 1.29 is 14.9 Å². The van der Waals surface area contributed by atoms with E-state index in [4.69, 9.17) is 4.74 Å². The zero-order chi connectivity index (χ0) is 21.6. The Morgan fingerprint density at radius 3 is 2.58 bits per heavy atom. The molecule has 3 unspecified atom stereocenters. The van der Waals surface area contributed by atoms with E-state index in [9.17, 15) is 10.2 Å². The van der Waals surface area contributed by atoms with Gasteiger partial charge in [-0.3, -0.25) is 4.98 Å². The number of benzene rings is 2. The van der Waals surface area contributed by atoms with Gasteiger partial charge in [0.25, 0.3) is 0 Å². The molecule has 0 bridgehead atoms. The van der Waals surface area contributed by atoms with E-state index < -0.39 is 6.10 Å². The molecule has 0 saturated carbocycles. The van der Waals surface area contributed by atoms with Crippen molar-refractivity contribution in [3.63, 3.8) is 0 Å². The molecule has 1 saturated heterocycles. The predicted molar refractivity (Wildman–Crippen MR) is 121 cm³/mol. The molecule has 0 radical (unpaired) electrons. The molecular weight excluding hydrogens is 386 g/mol. The maximum atomic E-state index is 10.1. The monoisotopic (exact) mass is 413 g/mol. The van der Waals surface area contributed by atoms with E-state index in [1.165, 1.54) is 16.7 Å². The highest BCUT2D eigenvalue weighted by molar-refractivity contribution is 5.43. The summed E-state index contributed by atoms with van der Waals surface area (Å²) in [5.74, 6) is 6.31. The molecular formula is C27H27NO3. The Bertz CT molecular complexity index is 1070. The molecule has 3 atom stereocenters. The van der Waals surface area contributed by atoms with Crippen molar-refractivity contribution >= 4 is 0 Å². The number of hydrogen-bond acceptors (Lipinski definition) is 4. The summed E-state index contributed by atoms with van der Waals surface area (Å²) in [4.78, 5) is 4.08. The average Bonchev–Trinajstić information content (AvgIpc) is 2.80. The fourth-order valence-electron chi connectivity index (χ4n) is 3.91. The molecule has 1 aliphatic rings. The quantitative estimate of drug-likeness (QED) is 0.636. The largest absolute Gasteiger partial charge is 0.394 e. The molecule has 1 aliphatic heterocycles. The zero-order valence-electron chi connectivity index (χ0n) is 17.7. The Labute approximate surface area is 183 Å². The van der Waals surface area contributed by atoms with Crippen molar-refractivity contribution in [2.75, 3.05) is 6.61 Å². The number of aliphatic hydroxyl groups is 2. The second-order valence-electron chi connectivity index (χ2n) is 8.11. The third-order valence-electron chi connectivity index (χ3n) is 5.69. The van der Waals surface area contributed by atoms with E-state index in [1.807, 2.05) is 24.3 Å². The molecule has 0 spiro atoms. The Balaban J connectivity index is 1.48. The Kier molecular flexibility index (Phi) is 6.79. The van der Waals surface area contributed by atoms with Gasteiger partial charge in [-0.15, -0.1) is 0 Å². The molecule has 4 rings (SSSR count). The molecule has 158 valence electrons. The maximum absolute atomic E-state index is 10.1.